The molecule has 0 spiro atoms. The summed E-state index contributed by atoms with van der Waals surface area (Å²) in [6.07, 6.45) is 0. The molecule has 0 N–H and O–H groups in total. The number of amides is 3. The Labute approximate surface area is 196 Å². The highest BCUT2D eigenvalue weighted by atomic mass is 32.1. The molecule has 1 aromatic heterocycles. The number of morpholine rings is 1. The van der Waals surface area contributed by atoms with Gasteiger partial charge in [-0.15, -0.1) is 11.3 Å². The van der Waals surface area contributed by atoms with Crippen molar-refractivity contribution >= 4 is 29.1 Å². The second kappa shape index (κ2) is 10.3. The van der Waals surface area contributed by atoms with Crippen LogP contribution in [0.1, 0.15) is 22.3 Å². The highest BCUT2D eigenvalue weighted by molar-refractivity contribution is 7.17. The molecular formula is C23H28N4O5S. The van der Waals surface area contributed by atoms with Gasteiger partial charge in [-0.05, 0) is 38.1 Å². The number of hydrogen-bond acceptors (Lipinski definition) is 7. The van der Waals surface area contributed by atoms with Gasteiger partial charge in [-0.1, -0.05) is 0 Å². The van der Waals surface area contributed by atoms with Gasteiger partial charge in [0, 0.05) is 44.8 Å². The van der Waals surface area contributed by atoms with E-state index >= 15 is 0 Å². The molecular weight excluding hydrogens is 444 g/mol. The third-order valence-corrected chi connectivity index (χ3v) is 6.93. The van der Waals surface area contributed by atoms with Crippen LogP contribution in [0.4, 0.5) is 0 Å². The fraction of sp³-hybridized carbons (Fsp3) is 0.478. The van der Waals surface area contributed by atoms with Crippen molar-refractivity contribution in [1.29, 1.82) is 0 Å². The predicted molar refractivity (Wildman–Crippen MR) is 123 cm³/mol. The van der Waals surface area contributed by atoms with Crippen LogP contribution in [0.2, 0.25) is 0 Å². The maximum Gasteiger partial charge on any atom is 0.312 e. The standard InChI is InChI=1S/C23H28N4O5S/c1-3-32-18-6-4-17(5-7-18)20-24-16(2)19(33-20)21(28)25-8-10-26(11-9-25)22(29)23(30)27-12-14-31-15-13-27/h4-7H,3,8-15H2,1-2H3. The highest BCUT2D eigenvalue weighted by Gasteiger charge is 2.32. The van der Waals surface area contributed by atoms with Crippen molar-refractivity contribution in [3.05, 3.63) is 34.8 Å². The molecule has 1 aromatic carbocycles. The molecule has 33 heavy (non-hydrogen) atoms. The van der Waals surface area contributed by atoms with Crippen LogP contribution >= 0.6 is 11.3 Å². The highest BCUT2D eigenvalue weighted by Crippen LogP contribution is 2.30. The molecule has 10 heteroatoms. The Morgan fingerprint density at radius 3 is 2.12 bits per heavy atom. The Hall–Kier alpha value is -2.98. The molecule has 2 fully saturated rings. The first kappa shape index (κ1) is 23.2. The summed E-state index contributed by atoms with van der Waals surface area (Å²) in [6.45, 7) is 7.60. The van der Waals surface area contributed by atoms with E-state index in [-0.39, 0.29) is 5.91 Å². The number of aryl methyl sites for hydroxylation is 1. The number of piperazine rings is 1. The number of carbonyl (C=O) groups is 3. The first-order valence-corrected chi connectivity index (χ1v) is 12.0. The Kier molecular flexibility index (Phi) is 7.24. The van der Waals surface area contributed by atoms with Gasteiger partial charge < -0.3 is 24.2 Å². The van der Waals surface area contributed by atoms with Gasteiger partial charge in [-0.3, -0.25) is 14.4 Å². The van der Waals surface area contributed by atoms with Crippen molar-refractivity contribution in [1.82, 2.24) is 19.7 Å². The summed E-state index contributed by atoms with van der Waals surface area (Å²) in [5.74, 6) is -0.286. The van der Waals surface area contributed by atoms with E-state index in [4.69, 9.17) is 9.47 Å². The first-order valence-electron chi connectivity index (χ1n) is 11.1. The number of ether oxygens (including phenoxy) is 2. The number of carbonyl (C=O) groups excluding carboxylic acids is 3. The van der Waals surface area contributed by atoms with Crippen molar-refractivity contribution in [2.75, 3.05) is 59.1 Å². The molecule has 3 amide bonds. The van der Waals surface area contributed by atoms with Gasteiger partial charge in [0.15, 0.2) is 0 Å². The van der Waals surface area contributed by atoms with E-state index in [9.17, 15) is 14.4 Å². The first-order chi connectivity index (χ1) is 16.0. The van der Waals surface area contributed by atoms with Crippen LogP contribution < -0.4 is 4.74 Å². The van der Waals surface area contributed by atoms with Gasteiger partial charge in [-0.25, -0.2) is 4.98 Å². The monoisotopic (exact) mass is 472 g/mol. The summed E-state index contributed by atoms with van der Waals surface area (Å²) < 4.78 is 10.7. The van der Waals surface area contributed by atoms with Gasteiger partial charge in [-0.2, -0.15) is 0 Å². The zero-order valence-electron chi connectivity index (χ0n) is 18.9. The van der Waals surface area contributed by atoms with E-state index in [1.54, 1.807) is 4.90 Å². The summed E-state index contributed by atoms with van der Waals surface area (Å²) in [5, 5.41) is 0.781. The molecule has 2 aliphatic heterocycles. The fourth-order valence-corrected chi connectivity index (χ4v) is 4.91. The minimum Gasteiger partial charge on any atom is -0.494 e. The molecule has 0 saturated carbocycles. The van der Waals surface area contributed by atoms with Crippen LogP contribution in [0.3, 0.4) is 0 Å². The lowest BCUT2D eigenvalue weighted by Crippen LogP contribution is -2.55. The molecule has 0 atom stereocenters. The molecule has 2 saturated heterocycles. The van der Waals surface area contributed by atoms with Crippen LogP contribution in [0.25, 0.3) is 10.6 Å². The number of rotatable bonds is 4. The topological polar surface area (TPSA) is 92.3 Å². The third-order valence-electron chi connectivity index (χ3n) is 5.74. The quantitative estimate of drug-likeness (QED) is 0.629. The van der Waals surface area contributed by atoms with Crippen molar-refractivity contribution in [2.24, 2.45) is 0 Å². The van der Waals surface area contributed by atoms with E-state index in [0.717, 1.165) is 16.3 Å². The van der Waals surface area contributed by atoms with Crippen LogP contribution in [0, 0.1) is 6.92 Å². The van der Waals surface area contributed by atoms with Gasteiger partial charge >= 0.3 is 11.8 Å². The number of aromatic nitrogens is 1. The normalized spacial score (nSPS) is 16.6. The predicted octanol–water partition coefficient (Wildman–Crippen LogP) is 1.66. The average molecular weight is 473 g/mol. The van der Waals surface area contributed by atoms with E-state index in [2.05, 4.69) is 4.98 Å². The summed E-state index contributed by atoms with van der Waals surface area (Å²) in [7, 11) is 0. The SMILES string of the molecule is CCOc1ccc(-c2nc(C)c(C(=O)N3CCN(C(=O)C(=O)N4CCOCC4)CC3)s2)cc1. The summed E-state index contributed by atoms with van der Waals surface area (Å²) in [5.41, 5.74) is 1.62. The van der Waals surface area contributed by atoms with Gasteiger partial charge in [0.05, 0.1) is 25.5 Å². The summed E-state index contributed by atoms with van der Waals surface area (Å²) in [4.78, 5) is 48.2. The summed E-state index contributed by atoms with van der Waals surface area (Å²) in [6, 6.07) is 7.66. The minimum absolute atomic E-state index is 0.0891. The second-order valence-electron chi connectivity index (χ2n) is 7.88. The summed E-state index contributed by atoms with van der Waals surface area (Å²) >= 11 is 1.37. The lowest BCUT2D eigenvalue weighted by molar-refractivity contribution is -0.154. The van der Waals surface area contributed by atoms with E-state index in [1.807, 2.05) is 38.1 Å². The van der Waals surface area contributed by atoms with E-state index in [1.165, 1.54) is 21.1 Å². The van der Waals surface area contributed by atoms with Crippen molar-refractivity contribution in [3.8, 4) is 16.3 Å². The molecule has 3 heterocycles. The Morgan fingerprint density at radius 1 is 0.939 bits per heavy atom. The largest absolute Gasteiger partial charge is 0.494 e. The molecule has 9 nitrogen and oxygen atoms in total. The second-order valence-corrected chi connectivity index (χ2v) is 8.88. The van der Waals surface area contributed by atoms with Gasteiger partial charge in [0.2, 0.25) is 0 Å². The Morgan fingerprint density at radius 2 is 1.52 bits per heavy atom. The Bertz CT molecular complexity index is 1010. The maximum absolute atomic E-state index is 13.1. The average Bonchev–Trinajstić information content (AvgIpc) is 3.25. The lowest BCUT2D eigenvalue weighted by atomic mass is 10.2. The minimum atomic E-state index is -0.504. The number of hydrogen-bond donors (Lipinski definition) is 0. The van der Waals surface area contributed by atoms with Gasteiger partial charge in [0.25, 0.3) is 5.91 Å². The molecule has 0 unspecified atom stereocenters. The number of nitrogens with zero attached hydrogens (tertiary/aromatic N) is 4. The smallest absolute Gasteiger partial charge is 0.312 e. The maximum atomic E-state index is 13.1. The third kappa shape index (κ3) is 5.17. The molecule has 2 aromatic rings. The molecule has 0 radical (unpaired) electrons. The fourth-order valence-electron chi connectivity index (χ4n) is 3.87. The van der Waals surface area contributed by atoms with Crippen LogP contribution in [-0.2, 0) is 14.3 Å². The molecule has 2 aliphatic rings. The number of benzene rings is 1. The lowest BCUT2D eigenvalue weighted by Gasteiger charge is -2.35. The van der Waals surface area contributed by atoms with Crippen molar-refractivity contribution in [3.63, 3.8) is 0 Å². The van der Waals surface area contributed by atoms with Crippen LogP contribution in [0.15, 0.2) is 24.3 Å². The van der Waals surface area contributed by atoms with E-state index in [0.29, 0.717) is 69.7 Å². The van der Waals surface area contributed by atoms with Crippen molar-refractivity contribution < 1.29 is 23.9 Å². The molecule has 0 bridgehead atoms. The molecule has 176 valence electrons. The Balaban J connectivity index is 1.36. The van der Waals surface area contributed by atoms with Crippen LogP contribution in [-0.4, -0.2) is 96.5 Å². The zero-order chi connectivity index (χ0) is 23.4. The van der Waals surface area contributed by atoms with Gasteiger partial charge in [0.1, 0.15) is 15.6 Å². The zero-order valence-corrected chi connectivity index (χ0v) is 19.7. The van der Waals surface area contributed by atoms with Crippen molar-refractivity contribution in [2.45, 2.75) is 13.8 Å². The van der Waals surface area contributed by atoms with E-state index < -0.39 is 11.8 Å². The molecule has 4 rings (SSSR count). The molecule has 0 aliphatic carbocycles. The van der Waals surface area contributed by atoms with Crippen LogP contribution in [0.5, 0.6) is 5.75 Å². The number of thiazole rings is 1.